The van der Waals surface area contributed by atoms with Crippen LogP contribution in [0.5, 0.6) is 11.5 Å². The Labute approximate surface area is 226 Å². The summed E-state index contributed by atoms with van der Waals surface area (Å²) in [6.45, 7) is 1.79. The third-order valence-corrected chi connectivity index (χ3v) is 7.06. The highest BCUT2D eigenvalue weighted by Gasteiger charge is 2.26. The highest BCUT2D eigenvalue weighted by Crippen LogP contribution is 2.36. The summed E-state index contributed by atoms with van der Waals surface area (Å²) in [6, 6.07) is 15.2. The molecule has 1 aliphatic rings. The molecule has 4 aromatic rings. The molecule has 3 heterocycles. The maximum atomic E-state index is 13.6. The first-order chi connectivity index (χ1) is 19.0. The van der Waals surface area contributed by atoms with Crippen molar-refractivity contribution in [3.8, 4) is 11.5 Å². The van der Waals surface area contributed by atoms with Gasteiger partial charge in [-0.3, -0.25) is 4.79 Å². The van der Waals surface area contributed by atoms with Crippen LogP contribution in [-0.4, -0.2) is 60.9 Å². The van der Waals surface area contributed by atoms with E-state index in [9.17, 15) is 14.3 Å². The quantitative estimate of drug-likeness (QED) is 0.330. The van der Waals surface area contributed by atoms with Gasteiger partial charge in [-0.25, -0.2) is 9.37 Å². The number of halogens is 1. The molecule has 1 N–H and O–H groups in total. The summed E-state index contributed by atoms with van der Waals surface area (Å²) in [5, 5.41) is 11.2. The molecule has 1 unspecified atom stereocenters. The smallest absolute Gasteiger partial charge is 0.289 e. The number of amides is 1. The molecule has 204 valence electrons. The van der Waals surface area contributed by atoms with Gasteiger partial charge in [0.05, 0.1) is 26.6 Å². The second-order valence-corrected chi connectivity index (χ2v) is 9.66. The van der Waals surface area contributed by atoms with Crippen molar-refractivity contribution in [3.63, 3.8) is 0 Å². The zero-order chi connectivity index (χ0) is 27.4. The first kappa shape index (κ1) is 26.5. The molecule has 2 aromatic carbocycles. The molecule has 1 aliphatic heterocycles. The van der Waals surface area contributed by atoms with Gasteiger partial charge in [-0.1, -0.05) is 12.1 Å². The average molecular weight is 534 g/mol. The van der Waals surface area contributed by atoms with Crippen LogP contribution in [0, 0.1) is 5.82 Å². The molecule has 1 fully saturated rings. The Bertz CT molecular complexity index is 1430. The number of carbonyl (C=O) groups excluding carboxylic acids is 1. The molecule has 0 radical (unpaired) electrons. The van der Waals surface area contributed by atoms with Crippen molar-refractivity contribution in [1.82, 2.24) is 9.88 Å². The number of piperidine rings is 1. The van der Waals surface area contributed by atoms with Crippen LogP contribution in [0.4, 0.5) is 10.2 Å². The predicted octanol–water partition coefficient (Wildman–Crippen LogP) is 4.83. The van der Waals surface area contributed by atoms with E-state index in [1.807, 2.05) is 18.2 Å². The van der Waals surface area contributed by atoms with E-state index in [0.29, 0.717) is 42.3 Å². The number of benzene rings is 2. The minimum atomic E-state index is -0.462. The van der Waals surface area contributed by atoms with E-state index in [-0.39, 0.29) is 24.0 Å². The Morgan fingerprint density at radius 2 is 1.92 bits per heavy atom. The van der Waals surface area contributed by atoms with E-state index in [1.165, 1.54) is 18.4 Å². The van der Waals surface area contributed by atoms with Crippen molar-refractivity contribution in [2.45, 2.75) is 31.9 Å². The lowest BCUT2D eigenvalue weighted by Crippen LogP contribution is -2.40. The summed E-state index contributed by atoms with van der Waals surface area (Å²) in [7, 11) is 3.20. The van der Waals surface area contributed by atoms with Crippen molar-refractivity contribution in [2.75, 3.05) is 38.8 Å². The van der Waals surface area contributed by atoms with E-state index < -0.39 is 6.10 Å². The van der Waals surface area contributed by atoms with Gasteiger partial charge in [0.15, 0.2) is 5.76 Å². The summed E-state index contributed by atoms with van der Waals surface area (Å²) < 4.78 is 30.1. The first-order valence-corrected chi connectivity index (χ1v) is 13.0. The summed E-state index contributed by atoms with van der Waals surface area (Å²) in [5.74, 6) is 1.60. The minimum Gasteiger partial charge on any atom is -0.496 e. The van der Waals surface area contributed by atoms with Crippen LogP contribution in [0.1, 0.15) is 34.5 Å². The number of hydrogen-bond acceptors (Lipinski definition) is 7. The number of pyridine rings is 1. The summed E-state index contributed by atoms with van der Waals surface area (Å²) in [6.07, 6.45) is 3.10. The largest absolute Gasteiger partial charge is 0.496 e. The molecule has 1 atom stereocenters. The molecular weight excluding hydrogens is 501 g/mol. The summed E-state index contributed by atoms with van der Waals surface area (Å²) >= 11 is 0. The second kappa shape index (κ2) is 11.7. The van der Waals surface area contributed by atoms with Gasteiger partial charge in [-0.2, -0.15) is 0 Å². The van der Waals surface area contributed by atoms with Gasteiger partial charge in [0.1, 0.15) is 28.7 Å². The Hall–Kier alpha value is -4.11. The fourth-order valence-corrected chi connectivity index (χ4v) is 5.05. The number of aliphatic hydroxyl groups excluding tert-OH is 1. The first-order valence-electron chi connectivity index (χ1n) is 13.0. The van der Waals surface area contributed by atoms with Crippen LogP contribution in [0.15, 0.2) is 65.3 Å². The fourth-order valence-electron chi connectivity index (χ4n) is 5.05. The molecule has 2 aromatic heterocycles. The molecule has 0 bridgehead atoms. The van der Waals surface area contributed by atoms with Crippen molar-refractivity contribution in [3.05, 3.63) is 83.6 Å². The van der Waals surface area contributed by atoms with Gasteiger partial charge in [0.25, 0.3) is 5.91 Å². The topological polar surface area (TPSA) is 88.3 Å². The number of rotatable bonds is 9. The third kappa shape index (κ3) is 5.83. The third-order valence-electron chi connectivity index (χ3n) is 7.06. The fraction of sp³-hybridized carbons (Fsp3) is 0.333. The minimum absolute atomic E-state index is 0.233. The molecule has 0 spiro atoms. The van der Waals surface area contributed by atoms with Gasteiger partial charge in [-0.15, -0.1) is 0 Å². The zero-order valence-electron chi connectivity index (χ0n) is 22.1. The number of nitrogens with zero attached hydrogens (tertiary/aromatic N) is 3. The number of fused-ring (bicyclic) bond motifs is 1. The van der Waals surface area contributed by atoms with Crippen LogP contribution in [0.25, 0.3) is 10.9 Å². The van der Waals surface area contributed by atoms with E-state index in [1.54, 1.807) is 43.4 Å². The Morgan fingerprint density at radius 3 is 2.62 bits per heavy atom. The summed E-state index contributed by atoms with van der Waals surface area (Å²) in [4.78, 5) is 22.4. The van der Waals surface area contributed by atoms with Gasteiger partial charge >= 0.3 is 0 Å². The van der Waals surface area contributed by atoms with Crippen LogP contribution in [0.2, 0.25) is 0 Å². The number of methoxy groups -OCH3 is 2. The molecule has 0 aliphatic carbocycles. The van der Waals surface area contributed by atoms with Gasteiger partial charge < -0.3 is 28.8 Å². The van der Waals surface area contributed by atoms with E-state index in [2.05, 4.69) is 4.90 Å². The molecular formula is C30H32FN3O5. The molecule has 8 nitrogen and oxygen atoms in total. The number of furan rings is 1. The maximum Gasteiger partial charge on any atom is 0.289 e. The molecule has 1 amide bonds. The number of aromatic nitrogens is 1. The van der Waals surface area contributed by atoms with Crippen LogP contribution in [0.3, 0.4) is 0 Å². The molecule has 9 heteroatoms. The lowest BCUT2D eigenvalue weighted by molar-refractivity contribution is 0.0712. The Kier molecular flexibility index (Phi) is 7.97. The molecule has 1 saturated heterocycles. The highest BCUT2D eigenvalue weighted by molar-refractivity contribution is 5.93. The van der Waals surface area contributed by atoms with Gasteiger partial charge in [-0.05, 0) is 67.3 Å². The average Bonchev–Trinajstić information content (AvgIpc) is 3.50. The van der Waals surface area contributed by atoms with E-state index in [0.717, 1.165) is 35.9 Å². The molecule has 5 rings (SSSR count). The van der Waals surface area contributed by atoms with Crippen LogP contribution in [-0.2, 0) is 13.0 Å². The van der Waals surface area contributed by atoms with Crippen molar-refractivity contribution in [1.29, 1.82) is 0 Å². The number of carbonyl (C=O) groups is 1. The zero-order valence-corrected chi connectivity index (χ0v) is 22.1. The van der Waals surface area contributed by atoms with E-state index >= 15 is 0 Å². The number of ether oxygens (including phenoxy) is 2. The predicted molar refractivity (Wildman–Crippen MR) is 146 cm³/mol. The monoisotopic (exact) mass is 533 g/mol. The van der Waals surface area contributed by atoms with Gasteiger partial charge in [0.2, 0.25) is 0 Å². The highest BCUT2D eigenvalue weighted by atomic mass is 19.1. The lowest BCUT2D eigenvalue weighted by Gasteiger charge is -2.33. The van der Waals surface area contributed by atoms with Crippen LogP contribution < -0.4 is 14.4 Å². The normalized spacial score (nSPS) is 15.4. The van der Waals surface area contributed by atoms with Gasteiger partial charge in [0, 0.05) is 37.1 Å². The standard InChI is InChI=1S/C30H32FN3O5/c1-37-25-11-12-26(38-2)28-24(25)17-21(29(32-28)33-14-3-5-23(35)19-33)18-34(30(36)27-6-4-16-39-27)15-13-20-7-9-22(31)10-8-20/h4,6-12,16-17,23,35H,3,5,13-15,18-19H2,1-2H3. The van der Waals surface area contributed by atoms with Crippen LogP contribution >= 0.6 is 0 Å². The number of hydrogen-bond donors (Lipinski definition) is 1. The SMILES string of the molecule is COc1ccc(OC)c2nc(N3CCCC(O)C3)c(CN(CCc3ccc(F)cc3)C(=O)c3ccco3)cc12. The number of β-amino-alcohol motifs (C(OH)–C–C–N with tert-alkyl or cyclic N) is 1. The maximum absolute atomic E-state index is 13.6. The Morgan fingerprint density at radius 1 is 1.15 bits per heavy atom. The lowest BCUT2D eigenvalue weighted by atomic mass is 10.0. The van der Waals surface area contributed by atoms with Crippen molar-refractivity contribution < 1.29 is 28.2 Å². The molecule has 0 saturated carbocycles. The number of aliphatic hydroxyl groups is 1. The summed E-state index contributed by atoms with van der Waals surface area (Å²) in [5.41, 5.74) is 2.36. The van der Waals surface area contributed by atoms with Crippen molar-refractivity contribution >= 4 is 22.6 Å². The molecule has 39 heavy (non-hydrogen) atoms. The Balaban J connectivity index is 1.57. The number of anilines is 1. The van der Waals surface area contributed by atoms with Crippen molar-refractivity contribution in [2.24, 2.45) is 0 Å². The van der Waals surface area contributed by atoms with E-state index in [4.69, 9.17) is 18.9 Å². The second-order valence-electron chi connectivity index (χ2n) is 9.66.